The SMILES string of the molecule is CCS(=O)(=O)CCCNc1cccc(Br)c1. The lowest BCUT2D eigenvalue weighted by Gasteiger charge is -2.06. The number of nitrogens with one attached hydrogen (secondary N) is 1. The van der Waals surface area contributed by atoms with E-state index in [1.165, 1.54) is 0 Å². The fraction of sp³-hybridized carbons (Fsp3) is 0.455. The summed E-state index contributed by atoms with van der Waals surface area (Å²) in [7, 11) is -2.83. The first-order valence-electron chi connectivity index (χ1n) is 5.23. The predicted molar refractivity (Wildman–Crippen MR) is 71.6 cm³/mol. The highest BCUT2D eigenvalue weighted by Gasteiger charge is 2.05. The van der Waals surface area contributed by atoms with Gasteiger partial charge in [-0.3, -0.25) is 0 Å². The Labute approximate surface area is 105 Å². The summed E-state index contributed by atoms with van der Waals surface area (Å²) in [5.41, 5.74) is 1.00. The topological polar surface area (TPSA) is 46.2 Å². The van der Waals surface area contributed by atoms with Gasteiger partial charge in [-0.05, 0) is 24.6 Å². The average molecular weight is 306 g/mol. The molecule has 0 heterocycles. The van der Waals surface area contributed by atoms with Gasteiger partial charge in [-0.1, -0.05) is 28.9 Å². The van der Waals surface area contributed by atoms with Crippen molar-refractivity contribution in [1.29, 1.82) is 0 Å². The number of hydrogen-bond acceptors (Lipinski definition) is 3. The normalized spacial score (nSPS) is 11.4. The monoisotopic (exact) mass is 305 g/mol. The number of rotatable bonds is 6. The van der Waals surface area contributed by atoms with Crippen molar-refractivity contribution in [3.8, 4) is 0 Å². The summed E-state index contributed by atoms with van der Waals surface area (Å²) in [6.07, 6.45) is 0.642. The van der Waals surface area contributed by atoms with Crippen LogP contribution in [0.1, 0.15) is 13.3 Å². The van der Waals surface area contributed by atoms with Crippen LogP contribution in [0.2, 0.25) is 0 Å². The van der Waals surface area contributed by atoms with E-state index < -0.39 is 9.84 Å². The molecule has 1 aromatic carbocycles. The molecule has 0 spiro atoms. The van der Waals surface area contributed by atoms with Crippen molar-refractivity contribution in [1.82, 2.24) is 0 Å². The lowest BCUT2D eigenvalue weighted by molar-refractivity contribution is 0.595. The number of anilines is 1. The lowest BCUT2D eigenvalue weighted by atomic mass is 10.3. The minimum atomic E-state index is -2.83. The largest absolute Gasteiger partial charge is 0.385 e. The zero-order valence-electron chi connectivity index (χ0n) is 9.24. The molecule has 0 amide bonds. The zero-order chi connectivity index (χ0) is 12.0. The third kappa shape index (κ3) is 4.99. The number of benzene rings is 1. The minimum absolute atomic E-state index is 0.226. The summed E-state index contributed by atoms with van der Waals surface area (Å²) >= 11 is 3.38. The van der Waals surface area contributed by atoms with Gasteiger partial charge in [0.1, 0.15) is 9.84 Å². The summed E-state index contributed by atoms with van der Waals surface area (Å²) in [5, 5.41) is 3.19. The van der Waals surface area contributed by atoms with Gasteiger partial charge in [0.2, 0.25) is 0 Å². The molecular formula is C11H16BrNO2S. The van der Waals surface area contributed by atoms with Crippen LogP contribution in [0.3, 0.4) is 0 Å². The van der Waals surface area contributed by atoms with Gasteiger partial charge in [0.25, 0.3) is 0 Å². The molecular weight excluding hydrogens is 290 g/mol. The van der Waals surface area contributed by atoms with Crippen LogP contribution in [-0.2, 0) is 9.84 Å². The van der Waals surface area contributed by atoms with Crippen molar-refractivity contribution in [2.45, 2.75) is 13.3 Å². The third-order valence-corrected chi connectivity index (χ3v) is 4.51. The molecule has 3 nitrogen and oxygen atoms in total. The average Bonchev–Trinajstić information content (AvgIpc) is 2.25. The molecule has 1 aromatic rings. The van der Waals surface area contributed by atoms with Crippen molar-refractivity contribution in [2.24, 2.45) is 0 Å². The fourth-order valence-electron chi connectivity index (χ4n) is 1.27. The smallest absolute Gasteiger partial charge is 0.150 e. The van der Waals surface area contributed by atoms with Crippen LogP contribution in [0.25, 0.3) is 0 Å². The second-order valence-electron chi connectivity index (χ2n) is 3.53. The van der Waals surface area contributed by atoms with Gasteiger partial charge >= 0.3 is 0 Å². The van der Waals surface area contributed by atoms with E-state index in [1.807, 2.05) is 24.3 Å². The Morgan fingerprint density at radius 1 is 1.38 bits per heavy atom. The molecule has 1 rings (SSSR count). The fourth-order valence-corrected chi connectivity index (χ4v) is 2.54. The molecule has 0 unspecified atom stereocenters. The summed E-state index contributed by atoms with van der Waals surface area (Å²) in [4.78, 5) is 0. The first-order chi connectivity index (χ1) is 7.53. The van der Waals surface area contributed by atoms with Crippen molar-refractivity contribution >= 4 is 31.5 Å². The van der Waals surface area contributed by atoms with Crippen LogP contribution in [0.15, 0.2) is 28.7 Å². The second-order valence-corrected chi connectivity index (χ2v) is 6.92. The Morgan fingerprint density at radius 3 is 2.75 bits per heavy atom. The molecule has 0 saturated carbocycles. The van der Waals surface area contributed by atoms with Crippen LogP contribution in [0.5, 0.6) is 0 Å². The number of halogens is 1. The molecule has 0 radical (unpaired) electrons. The molecule has 1 N–H and O–H groups in total. The molecule has 16 heavy (non-hydrogen) atoms. The van der Waals surface area contributed by atoms with Gasteiger partial charge in [0, 0.05) is 22.5 Å². The van der Waals surface area contributed by atoms with Crippen LogP contribution >= 0.6 is 15.9 Å². The van der Waals surface area contributed by atoms with Gasteiger partial charge in [0.05, 0.1) is 5.75 Å². The number of sulfone groups is 1. The van der Waals surface area contributed by atoms with E-state index in [9.17, 15) is 8.42 Å². The summed E-state index contributed by atoms with van der Waals surface area (Å²) in [5.74, 6) is 0.481. The first-order valence-corrected chi connectivity index (χ1v) is 7.85. The number of hydrogen-bond donors (Lipinski definition) is 1. The van der Waals surface area contributed by atoms with Gasteiger partial charge in [-0.15, -0.1) is 0 Å². The highest BCUT2D eigenvalue weighted by molar-refractivity contribution is 9.10. The Hall–Kier alpha value is -0.550. The van der Waals surface area contributed by atoms with Crippen LogP contribution in [-0.4, -0.2) is 26.5 Å². The van der Waals surface area contributed by atoms with Crippen molar-refractivity contribution in [3.63, 3.8) is 0 Å². The van der Waals surface area contributed by atoms with Gasteiger partial charge < -0.3 is 5.32 Å². The van der Waals surface area contributed by atoms with Crippen LogP contribution in [0.4, 0.5) is 5.69 Å². The molecule has 0 fully saturated rings. The third-order valence-electron chi connectivity index (χ3n) is 2.23. The quantitative estimate of drug-likeness (QED) is 0.822. The standard InChI is InChI=1S/C11H16BrNO2S/c1-2-16(14,15)8-4-7-13-11-6-3-5-10(12)9-11/h3,5-6,9,13H,2,4,7-8H2,1H3. The predicted octanol–water partition coefficient (Wildman–Crippen LogP) is 2.69. The van der Waals surface area contributed by atoms with E-state index >= 15 is 0 Å². The molecule has 90 valence electrons. The molecule has 0 bridgehead atoms. The molecule has 5 heteroatoms. The highest BCUT2D eigenvalue weighted by Crippen LogP contribution is 2.15. The van der Waals surface area contributed by atoms with Gasteiger partial charge in [-0.25, -0.2) is 8.42 Å². The zero-order valence-corrected chi connectivity index (χ0v) is 11.6. The van der Waals surface area contributed by atoms with E-state index in [4.69, 9.17) is 0 Å². The molecule has 0 aliphatic heterocycles. The Kier molecular flexibility index (Phi) is 5.28. The van der Waals surface area contributed by atoms with E-state index in [0.29, 0.717) is 13.0 Å². The molecule has 0 saturated heterocycles. The summed E-state index contributed by atoms with van der Waals surface area (Å²) in [6.45, 7) is 2.35. The Bertz CT molecular complexity index is 431. The second kappa shape index (κ2) is 6.25. The molecule has 0 aliphatic rings. The minimum Gasteiger partial charge on any atom is -0.385 e. The van der Waals surface area contributed by atoms with E-state index in [0.717, 1.165) is 10.2 Å². The molecule has 0 aromatic heterocycles. The van der Waals surface area contributed by atoms with Crippen molar-refractivity contribution in [3.05, 3.63) is 28.7 Å². The highest BCUT2D eigenvalue weighted by atomic mass is 79.9. The van der Waals surface area contributed by atoms with Crippen LogP contribution in [0, 0.1) is 0 Å². The van der Waals surface area contributed by atoms with E-state index in [1.54, 1.807) is 6.92 Å². The molecule has 0 atom stereocenters. The van der Waals surface area contributed by atoms with Crippen molar-refractivity contribution in [2.75, 3.05) is 23.4 Å². The Morgan fingerprint density at radius 2 is 2.12 bits per heavy atom. The van der Waals surface area contributed by atoms with E-state index in [2.05, 4.69) is 21.2 Å². The van der Waals surface area contributed by atoms with Gasteiger partial charge in [-0.2, -0.15) is 0 Å². The molecule has 0 aliphatic carbocycles. The van der Waals surface area contributed by atoms with Gasteiger partial charge in [0.15, 0.2) is 0 Å². The maximum Gasteiger partial charge on any atom is 0.150 e. The Balaban J connectivity index is 2.32. The summed E-state index contributed by atoms with van der Waals surface area (Å²) in [6, 6.07) is 7.81. The maximum absolute atomic E-state index is 11.2. The maximum atomic E-state index is 11.2. The van der Waals surface area contributed by atoms with E-state index in [-0.39, 0.29) is 11.5 Å². The first kappa shape index (κ1) is 13.5. The van der Waals surface area contributed by atoms with Crippen molar-refractivity contribution < 1.29 is 8.42 Å². The van der Waals surface area contributed by atoms with Crippen LogP contribution < -0.4 is 5.32 Å². The summed E-state index contributed by atoms with van der Waals surface area (Å²) < 4.78 is 23.5. The lowest BCUT2D eigenvalue weighted by Crippen LogP contribution is -2.12.